The summed E-state index contributed by atoms with van der Waals surface area (Å²) < 4.78 is 10.4. The van der Waals surface area contributed by atoms with Gasteiger partial charge in [0.15, 0.2) is 0 Å². The molecule has 0 atom stereocenters. The van der Waals surface area contributed by atoms with Crippen LogP contribution in [0.15, 0.2) is 22.1 Å². The van der Waals surface area contributed by atoms with Gasteiger partial charge in [-0.1, -0.05) is 5.57 Å². The van der Waals surface area contributed by atoms with E-state index in [9.17, 15) is 0 Å². The first-order valence-corrected chi connectivity index (χ1v) is 5.15. The number of aryl methyl sites for hydroxylation is 1. The molecule has 3 nitrogen and oxygen atoms in total. The van der Waals surface area contributed by atoms with Crippen molar-refractivity contribution in [2.75, 3.05) is 26.8 Å². The van der Waals surface area contributed by atoms with Crippen LogP contribution < -0.4 is 5.32 Å². The number of furan rings is 1. The molecule has 0 bridgehead atoms. The van der Waals surface area contributed by atoms with Crippen LogP contribution in [-0.4, -0.2) is 26.8 Å². The van der Waals surface area contributed by atoms with Crippen LogP contribution in [0.1, 0.15) is 18.4 Å². The molecule has 84 valence electrons. The highest BCUT2D eigenvalue weighted by atomic mass is 16.5. The Bertz CT molecular complexity index is 315. The van der Waals surface area contributed by atoms with E-state index in [0.717, 1.165) is 31.2 Å². The second-order valence-electron chi connectivity index (χ2n) is 3.61. The fourth-order valence-electron chi connectivity index (χ4n) is 1.28. The molecule has 1 aromatic rings. The molecule has 0 saturated carbocycles. The summed E-state index contributed by atoms with van der Waals surface area (Å²) in [7, 11) is 1.70. The second-order valence-corrected chi connectivity index (χ2v) is 3.61. The topological polar surface area (TPSA) is 34.4 Å². The molecule has 0 amide bonds. The lowest BCUT2D eigenvalue weighted by Crippen LogP contribution is -2.20. The Hall–Kier alpha value is -1.06. The lowest BCUT2D eigenvalue weighted by molar-refractivity contribution is 0.200. The van der Waals surface area contributed by atoms with E-state index in [4.69, 9.17) is 9.15 Å². The smallest absolute Gasteiger partial charge is 0.127 e. The Morgan fingerprint density at radius 3 is 2.93 bits per heavy atom. The van der Waals surface area contributed by atoms with Gasteiger partial charge >= 0.3 is 0 Å². The van der Waals surface area contributed by atoms with Gasteiger partial charge in [0.1, 0.15) is 11.5 Å². The minimum atomic E-state index is 0.743. The molecule has 0 radical (unpaired) electrons. The Labute approximate surface area is 91.1 Å². The third-order valence-corrected chi connectivity index (χ3v) is 2.04. The SMILES string of the molecule is COCCNCC(C)=Cc1ccc(C)o1. The summed E-state index contributed by atoms with van der Waals surface area (Å²) in [5, 5.41) is 3.28. The van der Waals surface area contributed by atoms with Gasteiger partial charge in [-0.05, 0) is 32.1 Å². The van der Waals surface area contributed by atoms with Crippen molar-refractivity contribution in [3.05, 3.63) is 29.2 Å². The number of methoxy groups -OCH3 is 1. The van der Waals surface area contributed by atoms with Crippen molar-refractivity contribution in [3.63, 3.8) is 0 Å². The molecule has 0 spiro atoms. The number of rotatable bonds is 6. The lowest BCUT2D eigenvalue weighted by atomic mass is 10.2. The molecule has 3 heteroatoms. The van der Waals surface area contributed by atoms with E-state index in [1.54, 1.807) is 7.11 Å². The molecule has 1 heterocycles. The van der Waals surface area contributed by atoms with E-state index in [1.807, 2.05) is 25.1 Å². The third kappa shape index (κ3) is 4.81. The summed E-state index contributed by atoms with van der Waals surface area (Å²) in [4.78, 5) is 0. The van der Waals surface area contributed by atoms with Crippen LogP contribution in [0.25, 0.3) is 6.08 Å². The van der Waals surface area contributed by atoms with Crippen molar-refractivity contribution in [3.8, 4) is 0 Å². The first-order chi connectivity index (χ1) is 7.22. The molecule has 0 saturated heterocycles. The highest BCUT2D eigenvalue weighted by Crippen LogP contribution is 2.10. The highest BCUT2D eigenvalue weighted by Gasteiger charge is 1.95. The van der Waals surface area contributed by atoms with Gasteiger partial charge in [0.05, 0.1) is 6.61 Å². The lowest BCUT2D eigenvalue weighted by Gasteiger charge is -2.03. The van der Waals surface area contributed by atoms with Crippen LogP contribution in [0.2, 0.25) is 0 Å². The van der Waals surface area contributed by atoms with Crippen molar-refractivity contribution >= 4 is 6.08 Å². The summed E-state index contributed by atoms with van der Waals surface area (Å²) in [6.45, 7) is 6.51. The van der Waals surface area contributed by atoms with Crippen LogP contribution in [0.3, 0.4) is 0 Å². The maximum Gasteiger partial charge on any atom is 0.127 e. The fraction of sp³-hybridized carbons (Fsp3) is 0.500. The maximum absolute atomic E-state index is 5.45. The molecule has 0 aliphatic rings. The Balaban J connectivity index is 2.33. The summed E-state index contributed by atoms with van der Waals surface area (Å²) in [5.41, 5.74) is 1.25. The molecular formula is C12H19NO2. The first-order valence-electron chi connectivity index (χ1n) is 5.15. The van der Waals surface area contributed by atoms with Gasteiger partial charge in [-0.25, -0.2) is 0 Å². The zero-order valence-electron chi connectivity index (χ0n) is 9.67. The van der Waals surface area contributed by atoms with Gasteiger partial charge in [0.25, 0.3) is 0 Å². The average molecular weight is 209 g/mol. The van der Waals surface area contributed by atoms with Crippen LogP contribution in [0.4, 0.5) is 0 Å². The normalized spacial score (nSPS) is 12.1. The van der Waals surface area contributed by atoms with E-state index in [1.165, 1.54) is 5.57 Å². The predicted octanol–water partition coefficient (Wildman–Crippen LogP) is 2.23. The standard InChI is InChI=1S/C12H19NO2/c1-10(9-13-6-7-14-3)8-12-5-4-11(2)15-12/h4-5,8,13H,6-7,9H2,1-3H3. The van der Waals surface area contributed by atoms with E-state index < -0.39 is 0 Å². The minimum Gasteiger partial charge on any atom is -0.462 e. The molecular weight excluding hydrogens is 190 g/mol. The highest BCUT2D eigenvalue weighted by molar-refractivity contribution is 5.47. The zero-order chi connectivity index (χ0) is 11.1. The van der Waals surface area contributed by atoms with Gasteiger partial charge in [0, 0.05) is 20.2 Å². The van der Waals surface area contributed by atoms with Crippen LogP contribution in [0, 0.1) is 6.92 Å². The predicted molar refractivity (Wildman–Crippen MR) is 61.8 cm³/mol. The molecule has 1 rings (SSSR count). The number of hydrogen-bond acceptors (Lipinski definition) is 3. The monoisotopic (exact) mass is 209 g/mol. The van der Waals surface area contributed by atoms with Crippen molar-refractivity contribution in [2.45, 2.75) is 13.8 Å². The molecule has 1 N–H and O–H groups in total. The van der Waals surface area contributed by atoms with Gasteiger partial charge < -0.3 is 14.5 Å². The molecule has 0 fully saturated rings. The summed E-state index contributed by atoms with van der Waals surface area (Å²) in [6, 6.07) is 3.95. The first kappa shape index (κ1) is 12.0. The van der Waals surface area contributed by atoms with Gasteiger partial charge in [-0.15, -0.1) is 0 Å². The molecule has 0 aromatic carbocycles. The molecule has 1 aromatic heterocycles. The van der Waals surface area contributed by atoms with Crippen molar-refractivity contribution in [1.29, 1.82) is 0 Å². The Morgan fingerprint density at radius 2 is 2.33 bits per heavy atom. The van der Waals surface area contributed by atoms with Crippen molar-refractivity contribution in [1.82, 2.24) is 5.32 Å². The van der Waals surface area contributed by atoms with Crippen LogP contribution in [-0.2, 0) is 4.74 Å². The summed E-state index contributed by atoms with van der Waals surface area (Å²) >= 11 is 0. The summed E-state index contributed by atoms with van der Waals surface area (Å²) in [6.07, 6.45) is 2.05. The Morgan fingerprint density at radius 1 is 1.53 bits per heavy atom. The molecule has 0 aliphatic carbocycles. The number of hydrogen-bond donors (Lipinski definition) is 1. The van der Waals surface area contributed by atoms with Gasteiger partial charge in [0.2, 0.25) is 0 Å². The van der Waals surface area contributed by atoms with Crippen LogP contribution in [0.5, 0.6) is 0 Å². The fourth-order valence-corrected chi connectivity index (χ4v) is 1.28. The second kappa shape index (κ2) is 6.43. The van der Waals surface area contributed by atoms with E-state index in [-0.39, 0.29) is 0 Å². The minimum absolute atomic E-state index is 0.743. The van der Waals surface area contributed by atoms with Gasteiger partial charge in [-0.3, -0.25) is 0 Å². The number of nitrogens with one attached hydrogen (secondary N) is 1. The molecule has 0 unspecified atom stereocenters. The quantitative estimate of drug-likeness (QED) is 0.729. The molecule has 15 heavy (non-hydrogen) atoms. The average Bonchev–Trinajstić information content (AvgIpc) is 2.59. The Kier molecular flexibility index (Phi) is 5.15. The largest absolute Gasteiger partial charge is 0.462 e. The number of ether oxygens (including phenoxy) is 1. The van der Waals surface area contributed by atoms with Crippen LogP contribution >= 0.6 is 0 Å². The van der Waals surface area contributed by atoms with Crippen molar-refractivity contribution in [2.24, 2.45) is 0 Å². The van der Waals surface area contributed by atoms with Crippen molar-refractivity contribution < 1.29 is 9.15 Å². The van der Waals surface area contributed by atoms with E-state index >= 15 is 0 Å². The zero-order valence-corrected chi connectivity index (χ0v) is 9.67. The van der Waals surface area contributed by atoms with Gasteiger partial charge in [-0.2, -0.15) is 0 Å². The van der Waals surface area contributed by atoms with E-state index in [2.05, 4.69) is 12.2 Å². The summed E-state index contributed by atoms with van der Waals surface area (Å²) in [5.74, 6) is 1.86. The third-order valence-electron chi connectivity index (χ3n) is 2.04. The molecule has 0 aliphatic heterocycles. The van der Waals surface area contributed by atoms with E-state index in [0.29, 0.717) is 0 Å². The maximum atomic E-state index is 5.45.